The lowest BCUT2D eigenvalue weighted by molar-refractivity contribution is -0.263. The number of esters is 1. The summed E-state index contributed by atoms with van der Waals surface area (Å²) in [4.78, 5) is 60.8. The molecule has 0 aromatic heterocycles. The molecule has 1 aromatic rings. The van der Waals surface area contributed by atoms with Crippen molar-refractivity contribution < 1.29 is 58.2 Å². The van der Waals surface area contributed by atoms with Gasteiger partial charge in [-0.2, -0.15) is 0 Å². The maximum Gasteiger partial charge on any atom is 0.329 e. The minimum absolute atomic E-state index is 0.0249. The van der Waals surface area contributed by atoms with Gasteiger partial charge in [0.2, 0.25) is 5.79 Å². The van der Waals surface area contributed by atoms with Crippen molar-refractivity contribution in [2.24, 2.45) is 35.3 Å². The van der Waals surface area contributed by atoms with Crippen LogP contribution in [-0.4, -0.2) is 139 Å². The van der Waals surface area contributed by atoms with Crippen molar-refractivity contribution in [3.05, 3.63) is 71.9 Å². The van der Waals surface area contributed by atoms with Crippen LogP contribution in [0.15, 0.2) is 71.9 Å². The lowest BCUT2D eigenvalue weighted by atomic mass is 9.78. The molecule has 5 rings (SSSR count). The van der Waals surface area contributed by atoms with Crippen molar-refractivity contribution in [1.29, 1.82) is 0 Å². The smallest absolute Gasteiger partial charge is 0.329 e. The molecule has 4 aliphatic rings. The monoisotopic (exact) mass is 1010 g/mol. The minimum atomic E-state index is -2.43. The maximum atomic E-state index is 14.5. The fraction of sp³-hybridized carbons (Fsp3) is 0.684. The highest BCUT2D eigenvalue weighted by Gasteiger charge is 2.53. The fourth-order valence-electron chi connectivity index (χ4n) is 11.3. The number of methoxy groups -OCH3 is 3. The first kappa shape index (κ1) is 58.7. The second kappa shape index (κ2) is 27.4. The summed E-state index contributed by atoms with van der Waals surface area (Å²) in [6.45, 7) is 11.5. The number of nitrogens with two attached hydrogens (primary N) is 1. The van der Waals surface area contributed by atoms with Crippen LogP contribution in [-0.2, 0) is 38.1 Å². The predicted octanol–water partition coefficient (Wildman–Crippen LogP) is 7.19. The van der Waals surface area contributed by atoms with Crippen LogP contribution < -0.4 is 15.4 Å². The first-order chi connectivity index (χ1) is 34.2. The Morgan fingerprint density at radius 1 is 0.889 bits per heavy atom. The zero-order chi connectivity index (χ0) is 52.9. The van der Waals surface area contributed by atoms with Crippen molar-refractivity contribution in [3.63, 3.8) is 0 Å². The third kappa shape index (κ3) is 15.2. The molecule has 1 aliphatic carbocycles. The molecule has 402 valence electrons. The molecule has 3 aliphatic heterocycles. The number of hydrogen-bond acceptors (Lipinski definition) is 14. The van der Waals surface area contributed by atoms with E-state index in [0.29, 0.717) is 82.0 Å². The van der Waals surface area contributed by atoms with Crippen LogP contribution in [0.3, 0.4) is 0 Å². The molecule has 72 heavy (non-hydrogen) atoms. The van der Waals surface area contributed by atoms with Crippen molar-refractivity contribution in [3.8, 4) is 5.75 Å². The number of aliphatic hydroxyl groups excluding tert-OH is 2. The summed E-state index contributed by atoms with van der Waals surface area (Å²) >= 11 is 0. The molecule has 3 heterocycles. The predicted molar refractivity (Wildman–Crippen MR) is 278 cm³/mol. The first-order valence-electron chi connectivity index (χ1n) is 26.5. The summed E-state index contributed by atoms with van der Waals surface area (Å²) in [5, 5.41) is 34.3. The normalized spacial score (nSPS) is 37.5. The van der Waals surface area contributed by atoms with Gasteiger partial charge in [-0.25, -0.2) is 4.79 Å². The van der Waals surface area contributed by atoms with E-state index >= 15 is 0 Å². The molecule has 2 saturated heterocycles. The molecule has 1 aromatic carbocycles. The van der Waals surface area contributed by atoms with Gasteiger partial charge in [-0.1, -0.05) is 75.8 Å². The van der Waals surface area contributed by atoms with E-state index in [2.05, 4.69) is 4.90 Å². The van der Waals surface area contributed by atoms with Gasteiger partial charge in [0.25, 0.3) is 11.7 Å². The number of carbonyl (C=O) groups is 4. The summed E-state index contributed by atoms with van der Waals surface area (Å²) in [7, 11) is 6.60. The molecule has 1 saturated carbocycles. The zero-order valence-electron chi connectivity index (χ0n) is 44.7. The Labute approximate surface area is 429 Å². The van der Waals surface area contributed by atoms with Gasteiger partial charge in [-0.05, 0) is 133 Å². The number of carbonyl (C=O) groups excluding carboxylic acids is 4. The molecular weight excluding hydrogens is 919 g/mol. The average Bonchev–Trinajstić information content (AvgIpc) is 3.37. The van der Waals surface area contributed by atoms with E-state index in [1.165, 1.54) is 12.0 Å². The number of anilines is 1. The highest BCUT2D eigenvalue weighted by molar-refractivity contribution is 6.39. The van der Waals surface area contributed by atoms with Gasteiger partial charge < -0.3 is 54.5 Å². The zero-order valence-corrected chi connectivity index (χ0v) is 44.7. The summed E-state index contributed by atoms with van der Waals surface area (Å²) in [5.74, 6) is -5.76. The lowest BCUT2D eigenvalue weighted by Crippen LogP contribution is -2.61. The topological polar surface area (TPSA) is 208 Å². The van der Waals surface area contributed by atoms with E-state index in [4.69, 9.17) is 29.4 Å². The molecule has 1 amide bonds. The second-order valence-electron chi connectivity index (χ2n) is 21.5. The summed E-state index contributed by atoms with van der Waals surface area (Å²) in [6, 6.07) is 5.77. The number of ketones is 2. The van der Waals surface area contributed by atoms with E-state index in [0.717, 1.165) is 17.7 Å². The number of piperidine rings is 1. The summed E-state index contributed by atoms with van der Waals surface area (Å²) in [5.41, 5.74) is 9.05. The van der Waals surface area contributed by atoms with Gasteiger partial charge in [-0.3, -0.25) is 14.4 Å². The molecule has 15 nitrogen and oxygen atoms in total. The van der Waals surface area contributed by atoms with Crippen LogP contribution in [0.1, 0.15) is 125 Å². The van der Waals surface area contributed by atoms with Crippen LogP contribution in [0.4, 0.5) is 5.69 Å². The van der Waals surface area contributed by atoms with Crippen LogP contribution >= 0.6 is 0 Å². The lowest BCUT2D eigenvalue weighted by Gasteiger charge is -2.43. The number of fused-ring (bicyclic) bond motifs is 3. The number of aliphatic hydroxyl groups is 3. The van der Waals surface area contributed by atoms with Crippen LogP contribution in [0, 0.1) is 29.6 Å². The SMILES string of the molecule is COc1cccc(N(C)C2CC3CC[C@@H](C)[C@@](O)(O3)C(=O)C(=O)N3CCCC[C@H]3C(=O)O[C@H]([C@H](C)C[C@@H]3CC[C@@H](O)[C@H](OC)C3)CC[C@H](N)/C=C(\C)[C@@H](O)[C@@H](OC)C(=O)[C@H](C)C[C@H](C)/C=C/C=C/C=C/2C)c1. The van der Waals surface area contributed by atoms with E-state index in [1.54, 1.807) is 34.1 Å². The third-order valence-electron chi connectivity index (χ3n) is 16.0. The highest BCUT2D eigenvalue weighted by atomic mass is 16.6. The summed E-state index contributed by atoms with van der Waals surface area (Å²) < 4.78 is 29.6. The molecule has 2 unspecified atom stereocenters. The molecule has 15 atom stereocenters. The average molecular weight is 1010 g/mol. The Hall–Kier alpha value is -4.22. The standard InChI is InChI=1S/C57H87N3O12/c1-35-17-12-11-13-18-36(2)47(59(7)43-19-16-20-44(33-43)68-8)34-45-25-22-40(6)57(67,72-45)54(64)55(65)60-28-15-14-21-46(60)56(66)71-49(37(3)30-41-23-26-48(61)50(32-41)69-9)27-24-42(58)31-39(5)52(63)53(70-10)51(62)38(4)29-35/h11-13,16-20,31,33,35,37-38,40-42,45-50,52-53,61,63,67H,14-15,21-30,32,34,58H2,1-10H3/b13-11+,17-12+,36-18+,39-31+/t35-,37-,38-,40-,41+,42+,45?,46+,47?,48-,49+,50-,52-,53+,57-/m1/s1. The minimum Gasteiger partial charge on any atom is -0.497 e. The van der Waals surface area contributed by atoms with Crippen LogP contribution in [0.2, 0.25) is 0 Å². The Morgan fingerprint density at radius 3 is 2.35 bits per heavy atom. The number of likely N-dealkylation sites (N-methyl/N-ethyl adjacent to an activating group) is 1. The molecule has 5 N–H and O–H groups in total. The van der Waals surface area contributed by atoms with E-state index in [1.807, 2.05) is 89.4 Å². The van der Waals surface area contributed by atoms with E-state index < -0.39 is 77.9 Å². The summed E-state index contributed by atoms with van der Waals surface area (Å²) in [6.07, 6.45) is 13.9. The number of cyclic esters (lactones) is 1. The van der Waals surface area contributed by atoms with Crippen molar-refractivity contribution in [2.75, 3.05) is 39.8 Å². The van der Waals surface area contributed by atoms with Crippen LogP contribution in [0.25, 0.3) is 0 Å². The number of hydrogen-bond donors (Lipinski definition) is 4. The van der Waals surface area contributed by atoms with Gasteiger partial charge in [0, 0.05) is 57.4 Å². The molecule has 15 heteroatoms. The first-order valence-corrected chi connectivity index (χ1v) is 26.5. The highest BCUT2D eigenvalue weighted by Crippen LogP contribution is 2.39. The molecular formula is C57H87N3O12. The number of allylic oxidation sites excluding steroid dienone is 5. The van der Waals surface area contributed by atoms with Crippen LogP contribution in [0.5, 0.6) is 5.75 Å². The van der Waals surface area contributed by atoms with Crippen molar-refractivity contribution in [2.45, 2.75) is 186 Å². The van der Waals surface area contributed by atoms with Gasteiger partial charge in [0.1, 0.15) is 30.1 Å². The fourth-order valence-corrected chi connectivity index (χ4v) is 11.3. The number of benzene rings is 1. The largest absolute Gasteiger partial charge is 0.497 e. The molecule has 3 fully saturated rings. The van der Waals surface area contributed by atoms with Gasteiger partial charge >= 0.3 is 5.97 Å². The molecule has 0 radical (unpaired) electrons. The number of ether oxygens (including phenoxy) is 5. The van der Waals surface area contributed by atoms with Crippen molar-refractivity contribution in [1.82, 2.24) is 4.90 Å². The Kier molecular flexibility index (Phi) is 22.3. The van der Waals surface area contributed by atoms with Crippen molar-refractivity contribution >= 4 is 29.1 Å². The van der Waals surface area contributed by atoms with Gasteiger partial charge in [-0.15, -0.1) is 0 Å². The Morgan fingerprint density at radius 2 is 1.64 bits per heavy atom. The van der Waals surface area contributed by atoms with Gasteiger partial charge in [0.15, 0.2) is 5.78 Å². The number of nitrogens with zero attached hydrogens (tertiary/aromatic N) is 2. The quantitative estimate of drug-likeness (QED) is 0.116. The molecule has 0 spiro atoms. The van der Waals surface area contributed by atoms with E-state index in [-0.39, 0.29) is 48.6 Å². The number of amides is 1. The Bertz CT molecular complexity index is 2090. The number of Topliss-reactive ketones (excluding diaryl/α,β-unsaturated/α-hetero) is 2. The number of rotatable bonds is 8. The molecule has 2 bridgehead atoms. The Balaban J connectivity index is 1.50. The van der Waals surface area contributed by atoms with Gasteiger partial charge in [0.05, 0.1) is 31.5 Å². The van der Waals surface area contributed by atoms with E-state index in [9.17, 15) is 34.5 Å². The third-order valence-corrected chi connectivity index (χ3v) is 16.0. The second-order valence-corrected chi connectivity index (χ2v) is 21.5. The maximum absolute atomic E-state index is 14.5.